The summed E-state index contributed by atoms with van der Waals surface area (Å²) in [4.78, 5) is 38.3. The highest BCUT2D eigenvalue weighted by Crippen LogP contribution is 2.27. The Balaban J connectivity index is 1.87. The summed E-state index contributed by atoms with van der Waals surface area (Å²) >= 11 is 0. The van der Waals surface area contributed by atoms with E-state index in [1.807, 2.05) is 0 Å². The van der Waals surface area contributed by atoms with Crippen LogP contribution in [0.3, 0.4) is 0 Å². The van der Waals surface area contributed by atoms with E-state index >= 15 is 0 Å². The lowest BCUT2D eigenvalue weighted by Gasteiger charge is -2.15. The lowest BCUT2D eigenvalue weighted by molar-refractivity contribution is 0.0950. The molecule has 100 valence electrons. The summed E-state index contributed by atoms with van der Waals surface area (Å²) in [5.41, 5.74) is 0.818. The lowest BCUT2D eigenvalue weighted by atomic mass is 9.93. The van der Waals surface area contributed by atoms with Crippen molar-refractivity contribution in [1.29, 1.82) is 0 Å². The Morgan fingerprint density at radius 1 is 1.32 bits per heavy atom. The van der Waals surface area contributed by atoms with E-state index in [0.29, 0.717) is 36.6 Å². The van der Waals surface area contributed by atoms with Crippen LogP contribution in [0.15, 0.2) is 10.9 Å². The number of hydrogen-bond donors (Lipinski definition) is 2. The zero-order valence-corrected chi connectivity index (χ0v) is 10.6. The van der Waals surface area contributed by atoms with E-state index in [2.05, 4.69) is 10.3 Å². The zero-order valence-electron chi connectivity index (χ0n) is 10.6. The minimum atomic E-state index is -0.401. The predicted molar refractivity (Wildman–Crippen MR) is 69.4 cm³/mol. The first-order valence-electron chi connectivity index (χ1n) is 6.73. The monoisotopic (exact) mass is 260 g/mol. The first kappa shape index (κ1) is 12.1. The fourth-order valence-electron chi connectivity index (χ4n) is 2.40. The number of fused-ring (bicyclic) bond motifs is 1. The number of hydrogen-bond acceptors (Lipinski definition) is 3. The number of ketones is 1. The van der Waals surface area contributed by atoms with Gasteiger partial charge in [0.25, 0.3) is 11.5 Å². The molecule has 19 heavy (non-hydrogen) atoms. The Morgan fingerprint density at radius 3 is 2.84 bits per heavy atom. The van der Waals surface area contributed by atoms with Crippen LogP contribution in [-0.2, 0) is 6.42 Å². The largest absolute Gasteiger partial charge is 0.352 e. The molecule has 2 aliphatic rings. The molecule has 1 aromatic heterocycles. The van der Waals surface area contributed by atoms with Crippen LogP contribution in [0.2, 0.25) is 0 Å². The maximum Gasteiger partial charge on any atom is 0.261 e. The quantitative estimate of drug-likeness (QED) is 0.852. The zero-order chi connectivity index (χ0) is 13.4. The number of nitrogens with one attached hydrogen (secondary N) is 2. The standard InChI is InChI=1S/C14H16N2O3/c17-12-3-1-2-11-9(12)6-10(14(19)16-11)13(18)15-7-8-4-5-8/h6,8H,1-5,7H2,(H,15,18)(H,16,19). The number of H-pyrrole nitrogens is 1. The number of rotatable bonds is 3. The summed E-state index contributed by atoms with van der Waals surface area (Å²) in [6, 6.07) is 1.46. The van der Waals surface area contributed by atoms with E-state index in [0.717, 1.165) is 19.3 Å². The Bertz CT molecular complexity index is 599. The average Bonchev–Trinajstić information content (AvgIpc) is 3.19. The van der Waals surface area contributed by atoms with Gasteiger partial charge in [0.1, 0.15) is 5.56 Å². The third-order valence-electron chi connectivity index (χ3n) is 3.75. The third kappa shape index (κ3) is 2.45. The van der Waals surface area contributed by atoms with E-state index in [9.17, 15) is 14.4 Å². The number of amides is 1. The molecule has 2 aliphatic carbocycles. The van der Waals surface area contributed by atoms with Crippen LogP contribution < -0.4 is 10.9 Å². The van der Waals surface area contributed by atoms with Gasteiger partial charge in [0.15, 0.2) is 5.78 Å². The van der Waals surface area contributed by atoms with Gasteiger partial charge in [-0.2, -0.15) is 0 Å². The predicted octanol–water partition coefficient (Wildman–Crippen LogP) is 1.03. The first-order valence-corrected chi connectivity index (χ1v) is 6.73. The lowest BCUT2D eigenvalue weighted by Crippen LogP contribution is -2.32. The number of aromatic nitrogens is 1. The van der Waals surface area contributed by atoms with Crippen molar-refractivity contribution in [3.8, 4) is 0 Å². The van der Waals surface area contributed by atoms with Crippen molar-refractivity contribution in [2.45, 2.75) is 32.1 Å². The van der Waals surface area contributed by atoms with Gasteiger partial charge in [-0.3, -0.25) is 14.4 Å². The Labute approximate surface area is 110 Å². The van der Waals surface area contributed by atoms with Gasteiger partial charge in [0.2, 0.25) is 0 Å². The second-order valence-corrected chi connectivity index (χ2v) is 5.33. The van der Waals surface area contributed by atoms with E-state index in [1.165, 1.54) is 6.07 Å². The molecule has 0 aromatic carbocycles. The fourth-order valence-corrected chi connectivity index (χ4v) is 2.40. The summed E-state index contributed by atoms with van der Waals surface area (Å²) in [5.74, 6) is 0.186. The smallest absolute Gasteiger partial charge is 0.261 e. The summed E-state index contributed by atoms with van der Waals surface area (Å²) in [6.45, 7) is 0.614. The fraction of sp³-hybridized carbons (Fsp3) is 0.500. The molecule has 0 bridgehead atoms. The maximum atomic E-state index is 11.9. The molecule has 0 unspecified atom stereocenters. The van der Waals surface area contributed by atoms with Crippen LogP contribution in [0.4, 0.5) is 0 Å². The van der Waals surface area contributed by atoms with E-state index in [-0.39, 0.29) is 17.3 Å². The molecule has 0 saturated heterocycles. The van der Waals surface area contributed by atoms with Crippen molar-refractivity contribution in [2.75, 3.05) is 6.54 Å². The third-order valence-corrected chi connectivity index (χ3v) is 3.75. The number of Topliss-reactive ketones (excluding diaryl/α,β-unsaturated/α-hetero) is 1. The van der Waals surface area contributed by atoms with Gasteiger partial charge in [-0.1, -0.05) is 0 Å². The van der Waals surface area contributed by atoms with Crippen molar-refractivity contribution < 1.29 is 9.59 Å². The summed E-state index contributed by atoms with van der Waals surface area (Å²) in [7, 11) is 0. The molecule has 5 nitrogen and oxygen atoms in total. The molecule has 1 saturated carbocycles. The van der Waals surface area contributed by atoms with Crippen molar-refractivity contribution in [1.82, 2.24) is 10.3 Å². The molecule has 0 atom stereocenters. The molecule has 3 rings (SSSR count). The normalized spacial score (nSPS) is 18.0. The molecule has 1 amide bonds. The second kappa shape index (κ2) is 4.64. The minimum Gasteiger partial charge on any atom is -0.352 e. The van der Waals surface area contributed by atoms with Crippen LogP contribution in [-0.4, -0.2) is 23.2 Å². The molecule has 0 spiro atoms. The summed E-state index contributed by atoms with van der Waals surface area (Å²) in [5, 5.41) is 2.75. The molecule has 0 aliphatic heterocycles. The minimum absolute atomic E-state index is 0.00810. The molecule has 1 heterocycles. The summed E-state index contributed by atoms with van der Waals surface area (Å²) in [6.07, 6.45) is 4.22. The molecule has 1 fully saturated rings. The van der Waals surface area contributed by atoms with Gasteiger partial charge in [-0.15, -0.1) is 0 Å². The highest BCUT2D eigenvalue weighted by Gasteiger charge is 2.24. The second-order valence-electron chi connectivity index (χ2n) is 5.33. The van der Waals surface area contributed by atoms with Crippen LogP contribution in [0, 0.1) is 5.92 Å². The SMILES string of the molecule is O=C1CCCc2[nH]c(=O)c(C(=O)NCC3CC3)cc21. The van der Waals surface area contributed by atoms with Crippen molar-refractivity contribution in [3.63, 3.8) is 0 Å². The number of aromatic amines is 1. The van der Waals surface area contributed by atoms with E-state index in [1.54, 1.807) is 0 Å². The molecule has 5 heteroatoms. The first-order chi connectivity index (χ1) is 9.15. The van der Waals surface area contributed by atoms with Gasteiger partial charge in [0, 0.05) is 24.2 Å². The summed E-state index contributed by atoms with van der Waals surface area (Å²) < 4.78 is 0. The number of carbonyl (C=O) groups excluding carboxylic acids is 2. The highest BCUT2D eigenvalue weighted by molar-refractivity contribution is 6.01. The Morgan fingerprint density at radius 2 is 2.11 bits per heavy atom. The van der Waals surface area contributed by atoms with Crippen molar-refractivity contribution >= 4 is 11.7 Å². The van der Waals surface area contributed by atoms with E-state index < -0.39 is 5.56 Å². The number of pyridine rings is 1. The van der Waals surface area contributed by atoms with Gasteiger partial charge < -0.3 is 10.3 Å². The van der Waals surface area contributed by atoms with E-state index in [4.69, 9.17) is 0 Å². The number of aryl methyl sites for hydroxylation is 1. The van der Waals surface area contributed by atoms with Gasteiger partial charge in [0.05, 0.1) is 0 Å². The van der Waals surface area contributed by atoms with Gasteiger partial charge in [-0.25, -0.2) is 0 Å². The molecule has 1 aromatic rings. The van der Waals surface area contributed by atoms with Crippen LogP contribution in [0.25, 0.3) is 0 Å². The van der Waals surface area contributed by atoms with Crippen molar-refractivity contribution in [2.24, 2.45) is 5.92 Å². The highest BCUT2D eigenvalue weighted by atomic mass is 16.2. The Hall–Kier alpha value is -1.91. The molecular weight excluding hydrogens is 244 g/mol. The molecular formula is C14H16N2O3. The van der Waals surface area contributed by atoms with Crippen LogP contribution in [0.5, 0.6) is 0 Å². The van der Waals surface area contributed by atoms with Crippen LogP contribution >= 0.6 is 0 Å². The topological polar surface area (TPSA) is 79.0 Å². The molecule has 2 N–H and O–H groups in total. The van der Waals surface area contributed by atoms with Crippen LogP contribution in [0.1, 0.15) is 52.1 Å². The maximum absolute atomic E-state index is 11.9. The van der Waals surface area contributed by atoms with Gasteiger partial charge in [-0.05, 0) is 37.7 Å². The van der Waals surface area contributed by atoms with Gasteiger partial charge >= 0.3 is 0 Å². The number of carbonyl (C=O) groups is 2. The van der Waals surface area contributed by atoms with Crippen molar-refractivity contribution in [3.05, 3.63) is 33.2 Å². The molecule has 0 radical (unpaired) electrons. The Kier molecular flexibility index (Phi) is 2.97. The average molecular weight is 260 g/mol.